The van der Waals surface area contributed by atoms with E-state index in [9.17, 15) is 22.4 Å². The molecule has 1 fully saturated rings. The summed E-state index contributed by atoms with van der Waals surface area (Å²) in [4.78, 5) is 30.6. The van der Waals surface area contributed by atoms with Crippen molar-refractivity contribution in [3.05, 3.63) is 47.7 Å². The molecule has 0 saturated carbocycles. The number of amides is 1. The first-order valence-corrected chi connectivity index (χ1v) is 11.1. The van der Waals surface area contributed by atoms with E-state index < -0.39 is 35.7 Å². The minimum Gasteiger partial charge on any atom is -0.372 e. The van der Waals surface area contributed by atoms with Crippen LogP contribution in [-0.4, -0.2) is 71.9 Å². The van der Waals surface area contributed by atoms with Gasteiger partial charge in [0.2, 0.25) is 0 Å². The van der Waals surface area contributed by atoms with Gasteiger partial charge in [-0.05, 0) is 20.8 Å². The Morgan fingerprint density at radius 1 is 1.14 bits per heavy atom. The van der Waals surface area contributed by atoms with Crippen LogP contribution in [0.15, 0.2) is 24.8 Å². The number of ether oxygens (including phenoxy) is 1. The Labute approximate surface area is 203 Å². The van der Waals surface area contributed by atoms with Gasteiger partial charge in [0.25, 0.3) is 5.91 Å². The van der Waals surface area contributed by atoms with Gasteiger partial charge < -0.3 is 15.0 Å². The zero-order valence-electron chi connectivity index (χ0n) is 19.9. The number of aryl methyl sites for hydroxylation is 1. The number of rotatable bonds is 5. The maximum absolute atomic E-state index is 13.8. The van der Waals surface area contributed by atoms with E-state index in [-0.39, 0.29) is 36.5 Å². The van der Waals surface area contributed by atoms with Gasteiger partial charge in [0.15, 0.2) is 23.0 Å². The molecule has 0 bridgehead atoms. The van der Waals surface area contributed by atoms with Crippen molar-refractivity contribution in [3.63, 3.8) is 0 Å². The Hall–Kier alpha value is -3.68. The van der Waals surface area contributed by atoms with Crippen LogP contribution in [0.5, 0.6) is 0 Å². The van der Waals surface area contributed by atoms with E-state index >= 15 is 0 Å². The van der Waals surface area contributed by atoms with E-state index in [0.29, 0.717) is 17.5 Å². The zero-order valence-corrected chi connectivity index (χ0v) is 19.9. The van der Waals surface area contributed by atoms with Gasteiger partial charge in [-0.15, -0.1) is 0 Å². The summed E-state index contributed by atoms with van der Waals surface area (Å²) in [5, 5.41) is 7.32. The molecule has 1 aliphatic rings. The van der Waals surface area contributed by atoms with E-state index in [1.165, 1.54) is 4.68 Å². The van der Waals surface area contributed by atoms with Gasteiger partial charge in [-0.1, -0.05) is 0 Å². The molecule has 3 atom stereocenters. The monoisotopic (exact) mass is 508 g/mol. The SMILES string of the molecule is Cc1c(-c2ncc(F)cn2)c(C(=O)N2C[C@@H](C)O[C@@H](C)[C@H]2CNc2cnc(C(F)(F)F)cn2)nn1C. The first kappa shape index (κ1) is 25.4. The van der Waals surface area contributed by atoms with E-state index in [0.717, 1.165) is 18.6 Å². The molecule has 0 unspecified atom stereocenters. The van der Waals surface area contributed by atoms with Crippen LogP contribution >= 0.6 is 0 Å². The summed E-state index contributed by atoms with van der Waals surface area (Å²) in [7, 11) is 1.67. The fraction of sp³-hybridized carbons (Fsp3) is 0.455. The van der Waals surface area contributed by atoms with Crippen LogP contribution in [0.3, 0.4) is 0 Å². The molecule has 3 aromatic rings. The molecule has 1 aliphatic heterocycles. The van der Waals surface area contributed by atoms with E-state index in [1.807, 2.05) is 6.92 Å². The van der Waals surface area contributed by atoms with Crippen molar-refractivity contribution in [2.24, 2.45) is 7.05 Å². The lowest BCUT2D eigenvalue weighted by atomic mass is 10.0. The molecule has 1 N–H and O–H groups in total. The number of morpholine rings is 1. The maximum Gasteiger partial charge on any atom is 0.434 e. The summed E-state index contributed by atoms with van der Waals surface area (Å²) < 4.78 is 59.1. The number of carbonyl (C=O) groups excluding carboxylic acids is 1. The largest absolute Gasteiger partial charge is 0.434 e. The molecule has 0 radical (unpaired) electrons. The van der Waals surface area contributed by atoms with Crippen LogP contribution in [0, 0.1) is 12.7 Å². The number of aromatic nitrogens is 6. The van der Waals surface area contributed by atoms with Crippen LogP contribution in [0.4, 0.5) is 23.4 Å². The second-order valence-corrected chi connectivity index (χ2v) is 8.50. The number of alkyl halides is 3. The normalized spacial score (nSPS) is 20.4. The number of halogens is 4. The molecule has 36 heavy (non-hydrogen) atoms. The van der Waals surface area contributed by atoms with Crippen molar-refractivity contribution in [1.82, 2.24) is 34.6 Å². The number of hydrogen-bond donors (Lipinski definition) is 1. The average molecular weight is 508 g/mol. The summed E-state index contributed by atoms with van der Waals surface area (Å²) in [5.74, 6) is -0.736. The first-order chi connectivity index (χ1) is 17.0. The van der Waals surface area contributed by atoms with Crippen LogP contribution in [-0.2, 0) is 18.0 Å². The molecule has 0 spiro atoms. The highest BCUT2D eigenvalue weighted by Crippen LogP contribution is 2.29. The lowest BCUT2D eigenvalue weighted by Gasteiger charge is -2.42. The molecular weight excluding hydrogens is 484 g/mol. The third kappa shape index (κ3) is 5.12. The minimum absolute atomic E-state index is 0.0993. The predicted octanol–water partition coefficient (Wildman–Crippen LogP) is 2.86. The number of nitrogens with zero attached hydrogens (tertiary/aromatic N) is 7. The van der Waals surface area contributed by atoms with Crippen molar-refractivity contribution in [3.8, 4) is 11.4 Å². The summed E-state index contributed by atoms with van der Waals surface area (Å²) in [6.07, 6.45) is -1.63. The molecule has 1 saturated heterocycles. The van der Waals surface area contributed by atoms with Crippen LogP contribution < -0.4 is 5.32 Å². The molecule has 0 aromatic carbocycles. The number of nitrogens with one attached hydrogen (secondary N) is 1. The Balaban J connectivity index is 1.61. The molecule has 4 rings (SSSR count). The lowest BCUT2D eigenvalue weighted by molar-refractivity contribution is -0.141. The minimum atomic E-state index is -4.59. The van der Waals surface area contributed by atoms with Crippen molar-refractivity contribution >= 4 is 11.7 Å². The Bertz CT molecular complexity index is 1230. The van der Waals surface area contributed by atoms with Crippen molar-refractivity contribution in [2.45, 2.75) is 45.2 Å². The standard InChI is InChI=1S/C22H24F4N8O2/c1-11-10-34(15(13(3)36-11)7-28-17-9-27-16(8-29-17)22(24,25)26)21(35)19-18(12(2)33(4)32-19)20-30-5-14(23)6-31-20/h5-6,8-9,11,13,15H,7,10H2,1-4H3,(H,28,29)/t11-,13+,15-/m1/s1. The van der Waals surface area contributed by atoms with Gasteiger partial charge >= 0.3 is 6.18 Å². The highest BCUT2D eigenvalue weighted by Gasteiger charge is 2.39. The van der Waals surface area contributed by atoms with Gasteiger partial charge in [0.05, 0.1) is 48.6 Å². The maximum atomic E-state index is 13.8. The van der Waals surface area contributed by atoms with Crippen LogP contribution in [0.2, 0.25) is 0 Å². The topological polar surface area (TPSA) is 111 Å². The summed E-state index contributed by atoms with van der Waals surface area (Å²) in [6, 6.07) is -0.512. The number of anilines is 1. The summed E-state index contributed by atoms with van der Waals surface area (Å²) in [6.45, 7) is 5.75. The van der Waals surface area contributed by atoms with Crippen LogP contribution in [0.25, 0.3) is 11.4 Å². The fourth-order valence-corrected chi connectivity index (χ4v) is 4.05. The average Bonchev–Trinajstić information content (AvgIpc) is 3.12. The molecule has 192 valence electrons. The molecule has 0 aliphatic carbocycles. The quantitative estimate of drug-likeness (QED) is 0.524. The molecular formula is C22H24F4N8O2. The number of hydrogen-bond acceptors (Lipinski definition) is 8. The van der Waals surface area contributed by atoms with Gasteiger partial charge in [-0.2, -0.15) is 18.3 Å². The second kappa shape index (κ2) is 9.76. The molecule has 14 heteroatoms. The van der Waals surface area contributed by atoms with Crippen molar-refractivity contribution in [2.75, 3.05) is 18.4 Å². The third-order valence-corrected chi connectivity index (χ3v) is 5.92. The molecule has 10 nitrogen and oxygen atoms in total. The highest BCUT2D eigenvalue weighted by atomic mass is 19.4. The Morgan fingerprint density at radius 2 is 1.83 bits per heavy atom. The first-order valence-electron chi connectivity index (χ1n) is 11.1. The van der Waals surface area contributed by atoms with Gasteiger partial charge in [0, 0.05) is 25.8 Å². The fourth-order valence-electron chi connectivity index (χ4n) is 4.05. The van der Waals surface area contributed by atoms with E-state index in [4.69, 9.17) is 4.74 Å². The number of carbonyl (C=O) groups is 1. The van der Waals surface area contributed by atoms with Gasteiger partial charge in [-0.25, -0.2) is 24.3 Å². The Morgan fingerprint density at radius 3 is 2.44 bits per heavy atom. The lowest BCUT2D eigenvalue weighted by Crippen LogP contribution is -2.58. The molecule has 1 amide bonds. The molecule has 4 heterocycles. The second-order valence-electron chi connectivity index (χ2n) is 8.50. The Kier molecular flexibility index (Phi) is 6.89. The van der Waals surface area contributed by atoms with Crippen LogP contribution in [0.1, 0.15) is 35.7 Å². The summed E-state index contributed by atoms with van der Waals surface area (Å²) >= 11 is 0. The highest BCUT2D eigenvalue weighted by molar-refractivity contribution is 5.99. The summed E-state index contributed by atoms with van der Waals surface area (Å²) in [5.41, 5.74) is -0.0000261. The van der Waals surface area contributed by atoms with Gasteiger partial charge in [-0.3, -0.25) is 9.48 Å². The third-order valence-electron chi connectivity index (χ3n) is 5.92. The van der Waals surface area contributed by atoms with Crippen molar-refractivity contribution in [1.29, 1.82) is 0 Å². The van der Waals surface area contributed by atoms with Gasteiger partial charge in [0.1, 0.15) is 5.82 Å². The van der Waals surface area contributed by atoms with E-state index in [1.54, 1.807) is 25.8 Å². The molecule has 3 aromatic heterocycles. The van der Waals surface area contributed by atoms with E-state index in [2.05, 4.69) is 30.4 Å². The smallest absolute Gasteiger partial charge is 0.372 e. The zero-order chi connectivity index (χ0) is 26.2. The predicted molar refractivity (Wildman–Crippen MR) is 119 cm³/mol. The van der Waals surface area contributed by atoms with Crippen molar-refractivity contribution < 1.29 is 27.1 Å².